The molecule has 20 heavy (non-hydrogen) atoms. The highest BCUT2D eigenvalue weighted by atomic mass is 35.5. The molecule has 0 amide bonds. The van der Waals surface area contributed by atoms with E-state index < -0.39 is 11.2 Å². The van der Waals surface area contributed by atoms with Crippen molar-refractivity contribution in [2.75, 3.05) is 26.3 Å². The van der Waals surface area contributed by atoms with Crippen molar-refractivity contribution in [2.24, 2.45) is 0 Å². The van der Waals surface area contributed by atoms with E-state index in [0.717, 1.165) is 0 Å². The molecule has 1 aromatic carbocycles. The van der Waals surface area contributed by atoms with Gasteiger partial charge in [0.25, 0.3) is 0 Å². The minimum absolute atomic E-state index is 0.300. The predicted octanol–water partition coefficient (Wildman–Crippen LogP) is 3.37. The summed E-state index contributed by atoms with van der Waals surface area (Å²) in [6.07, 6.45) is -4.65. The van der Waals surface area contributed by atoms with Gasteiger partial charge in [0.15, 0.2) is 5.03 Å². The molecule has 0 N–H and O–H groups in total. The maximum Gasteiger partial charge on any atom is 0.432 e. The first-order valence-corrected chi connectivity index (χ1v) is 6.39. The van der Waals surface area contributed by atoms with Crippen LogP contribution in [0.3, 0.4) is 0 Å². The molecule has 1 aliphatic rings. The molecule has 0 unspecified atom stereocenters. The number of hydrogen-bond acceptors (Lipinski definition) is 3. The lowest BCUT2D eigenvalue weighted by molar-refractivity contribution is -0.0900. The number of allylic oxidation sites excluding steroid dienone is 1. The number of para-hydroxylation sites is 1. The van der Waals surface area contributed by atoms with Gasteiger partial charge in [-0.1, -0.05) is 29.8 Å². The minimum atomic E-state index is -4.65. The molecule has 0 aromatic heterocycles. The summed E-state index contributed by atoms with van der Waals surface area (Å²) in [7, 11) is 0. The van der Waals surface area contributed by atoms with E-state index in [4.69, 9.17) is 21.1 Å². The van der Waals surface area contributed by atoms with E-state index in [9.17, 15) is 13.2 Å². The van der Waals surface area contributed by atoms with E-state index in [1.807, 2.05) is 0 Å². The van der Waals surface area contributed by atoms with Crippen molar-refractivity contribution in [3.05, 3.63) is 41.2 Å². The van der Waals surface area contributed by atoms with E-state index in [-0.39, 0.29) is 5.88 Å². The average molecular weight is 308 g/mol. The van der Waals surface area contributed by atoms with Crippen molar-refractivity contribution >= 4 is 11.6 Å². The molecule has 0 spiro atoms. The SMILES string of the molecule is FC(F)(F)C(Cl)=C(Oc1ccccc1)N1CCOCC1. The van der Waals surface area contributed by atoms with E-state index in [1.54, 1.807) is 30.3 Å². The van der Waals surface area contributed by atoms with Crippen LogP contribution in [0.4, 0.5) is 13.2 Å². The van der Waals surface area contributed by atoms with Crippen LogP contribution in [0.5, 0.6) is 5.75 Å². The van der Waals surface area contributed by atoms with Crippen molar-refractivity contribution in [3.8, 4) is 5.75 Å². The van der Waals surface area contributed by atoms with Crippen LogP contribution >= 0.6 is 11.6 Å². The van der Waals surface area contributed by atoms with E-state index in [1.165, 1.54) is 4.90 Å². The van der Waals surface area contributed by atoms with Crippen LogP contribution < -0.4 is 4.74 Å². The van der Waals surface area contributed by atoms with Gasteiger partial charge < -0.3 is 14.4 Å². The smallest absolute Gasteiger partial charge is 0.432 e. The third-order valence-electron chi connectivity index (χ3n) is 2.69. The van der Waals surface area contributed by atoms with Gasteiger partial charge >= 0.3 is 6.18 Å². The van der Waals surface area contributed by atoms with Gasteiger partial charge in [-0.05, 0) is 12.1 Å². The maximum atomic E-state index is 12.8. The standard InChI is InChI=1S/C13H13ClF3NO2/c14-11(13(15,16)17)12(18-6-8-19-9-7-18)20-10-4-2-1-3-5-10/h1-5H,6-9H2. The summed E-state index contributed by atoms with van der Waals surface area (Å²) in [4.78, 5) is 1.44. The van der Waals surface area contributed by atoms with Gasteiger partial charge in [-0.15, -0.1) is 0 Å². The van der Waals surface area contributed by atoms with Gasteiger partial charge in [-0.25, -0.2) is 0 Å². The average Bonchev–Trinajstić information content (AvgIpc) is 2.45. The third kappa shape index (κ3) is 3.80. The van der Waals surface area contributed by atoms with Gasteiger partial charge in [0, 0.05) is 13.1 Å². The predicted molar refractivity (Wildman–Crippen MR) is 68.4 cm³/mol. The minimum Gasteiger partial charge on any atom is -0.440 e. The van der Waals surface area contributed by atoms with Gasteiger partial charge in [0.05, 0.1) is 13.2 Å². The molecule has 1 aromatic rings. The Labute approximate surface area is 119 Å². The zero-order valence-corrected chi connectivity index (χ0v) is 11.2. The fourth-order valence-corrected chi connectivity index (χ4v) is 1.89. The number of alkyl halides is 3. The molecule has 0 aliphatic carbocycles. The molecule has 0 saturated carbocycles. The maximum absolute atomic E-state index is 12.8. The van der Waals surface area contributed by atoms with Crippen molar-refractivity contribution in [1.29, 1.82) is 0 Å². The van der Waals surface area contributed by atoms with Crippen molar-refractivity contribution < 1.29 is 22.6 Å². The summed E-state index contributed by atoms with van der Waals surface area (Å²) in [5.74, 6) is -0.0786. The molecule has 110 valence electrons. The molecule has 1 saturated heterocycles. The topological polar surface area (TPSA) is 21.7 Å². The number of nitrogens with zero attached hydrogens (tertiary/aromatic N) is 1. The highest BCUT2D eigenvalue weighted by Gasteiger charge is 2.38. The molecule has 1 aliphatic heterocycles. The number of ether oxygens (including phenoxy) is 2. The summed E-state index contributed by atoms with van der Waals surface area (Å²) >= 11 is 5.45. The highest BCUT2D eigenvalue weighted by Crippen LogP contribution is 2.33. The fraction of sp³-hybridized carbons (Fsp3) is 0.385. The molecule has 3 nitrogen and oxygen atoms in total. The molecular weight excluding hydrogens is 295 g/mol. The Morgan fingerprint density at radius 2 is 1.75 bits per heavy atom. The summed E-state index contributed by atoms with van der Waals surface area (Å²) in [6.45, 7) is 1.27. The van der Waals surface area contributed by atoms with Gasteiger partial charge in [0.1, 0.15) is 5.75 Å². The normalized spacial score (nSPS) is 17.7. The molecule has 0 radical (unpaired) electrons. The van der Waals surface area contributed by atoms with Crippen molar-refractivity contribution in [1.82, 2.24) is 4.90 Å². The zero-order chi connectivity index (χ0) is 14.6. The summed E-state index contributed by atoms with van der Waals surface area (Å²) in [5.41, 5.74) is 0. The second kappa shape index (κ2) is 6.37. The van der Waals surface area contributed by atoms with Crippen molar-refractivity contribution in [2.45, 2.75) is 6.18 Å². The second-order valence-electron chi connectivity index (χ2n) is 4.13. The van der Waals surface area contributed by atoms with Crippen LogP contribution in [0, 0.1) is 0 Å². The Kier molecular flexibility index (Phi) is 4.77. The first kappa shape index (κ1) is 15.0. The van der Waals surface area contributed by atoms with E-state index in [2.05, 4.69) is 0 Å². The summed E-state index contributed by atoms with van der Waals surface area (Å²) in [6, 6.07) is 8.24. The van der Waals surface area contributed by atoms with Gasteiger partial charge in [-0.3, -0.25) is 0 Å². The lowest BCUT2D eigenvalue weighted by atomic mass is 10.3. The van der Waals surface area contributed by atoms with Crippen molar-refractivity contribution in [3.63, 3.8) is 0 Å². The quantitative estimate of drug-likeness (QED) is 0.799. The first-order chi connectivity index (χ1) is 9.48. The lowest BCUT2D eigenvalue weighted by Crippen LogP contribution is -2.38. The first-order valence-electron chi connectivity index (χ1n) is 6.01. The van der Waals surface area contributed by atoms with Crippen LogP contribution in [0.25, 0.3) is 0 Å². The fourth-order valence-electron chi connectivity index (χ4n) is 1.74. The third-order valence-corrected chi connectivity index (χ3v) is 3.07. The van der Waals surface area contributed by atoms with Crippen LogP contribution in [0.1, 0.15) is 0 Å². The molecule has 7 heteroatoms. The Hall–Kier alpha value is -1.40. The molecule has 1 heterocycles. The Morgan fingerprint density at radius 1 is 1.15 bits per heavy atom. The van der Waals surface area contributed by atoms with Gasteiger partial charge in [-0.2, -0.15) is 13.2 Å². The summed E-state index contributed by atoms with van der Waals surface area (Å²) < 4.78 is 48.9. The molecule has 2 rings (SSSR count). The number of hydrogen-bond donors (Lipinski definition) is 0. The Balaban J connectivity index is 2.29. The van der Waals surface area contributed by atoms with Crippen LogP contribution in [-0.2, 0) is 4.74 Å². The van der Waals surface area contributed by atoms with E-state index >= 15 is 0 Å². The summed E-state index contributed by atoms with van der Waals surface area (Å²) in [5, 5.41) is -1.26. The number of morpholine rings is 1. The largest absolute Gasteiger partial charge is 0.440 e. The van der Waals surface area contributed by atoms with Crippen LogP contribution in [0.2, 0.25) is 0 Å². The number of benzene rings is 1. The van der Waals surface area contributed by atoms with Crippen LogP contribution in [-0.4, -0.2) is 37.4 Å². The molecule has 0 bridgehead atoms. The number of rotatable bonds is 3. The molecular formula is C13H13ClF3NO2. The Morgan fingerprint density at radius 3 is 2.30 bits per heavy atom. The highest BCUT2D eigenvalue weighted by molar-refractivity contribution is 6.30. The van der Waals surface area contributed by atoms with E-state index in [0.29, 0.717) is 32.1 Å². The monoisotopic (exact) mass is 307 g/mol. The molecule has 1 fully saturated rings. The van der Waals surface area contributed by atoms with Gasteiger partial charge in [0.2, 0.25) is 5.88 Å². The van der Waals surface area contributed by atoms with Crippen LogP contribution in [0.15, 0.2) is 41.2 Å². The lowest BCUT2D eigenvalue weighted by Gasteiger charge is -2.31. The number of halogens is 4. The Bertz CT molecular complexity index is 470. The second-order valence-corrected chi connectivity index (χ2v) is 4.51. The zero-order valence-electron chi connectivity index (χ0n) is 10.5. The molecule has 0 atom stereocenters.